The topological polar surface area (TPSA) is 150 Å². The summed E-state index contributed by atoms with van der Waals surface area (Å²) in [7, 11) is 0. The number of hydrogen-bond acceptors (Lipinski definition) is 9. The fourth-order valence-electron chi connectivity index (χ4n) is 3.94. The highest BCUT2D eigenvalue weighted by Crippen LogP contribution is 2.13. The van der Waals surface area contributed by atoms with Gasteiger partial charge in [-0.15, -0.1) is 0 Å². The molecule has 0 saturated carbocycles. The van der Waals surface area contributed by atoms with Gasteiger partial charge in [0, 0.05) is 89.4 Å². The third-order valence-corrected chi connectivity index (χ3v) is 6.82. The minimum Gasteiger partial charge on any atom is -0.481 e. The van der Waals surface area contributed by atoms with Crippen LogP contribution in [0.15, 0.2) is 0 Å². The predicted molar refractivity (Wildman–Crippen MR) is 173 cm³/mol. The molecule has 2 aliphatic heterocycles. The van der Waals surface area contributed by atoms with Crippen LogP contribution >= 0.6 is 0 Å². The third-order valence-electron chi connectivity index (χ3n) is 6.82. The fraction of sp³-hybridized carbons (Fsp3) is 0.906. The molecule has 2 rings (SSSR count). The summed E-state index contributed by atoms with van der Waals surface area (Å²) in [4.78, 5) is 37.8. The van der Waals surface area contributed by atoms with Gasteiger partial charge in [0.05, 0.1) is 26.4 Å². The summed E-state index contributed by atoms with van der Waals surface area (Å²) in [6, 6.07) is 0. The quantitative estimate of drug-likeness (QED) is 0.187. The van der Waals surface area contributed by atoms with E-state index < -0.39 is 11.4 Å². The summed E-state index contributed by atoms with van der Waals surface area (Å²) < 4.78 is 16.1. The Kier molecular flexibility index (Phi) is 24.3. The van der Waals surface area contributed by atoms with Crippen molar-refractivity contribution in [3.63, 3.8) is 0 Å². The summed E-state index contributed by atoms with van der Waals surface area (Å²) in [6.07, 6.45) is 4.54. The highest BCUT2D eigenvalue weighted by molar-refractivity contribution is 5.81. The van der Waals surface area contributed by atoms with E-state index in [0.717, 1.165) is 111 Å². The molecule has 0 aromatic heterocycles. The van der Waals surface area contributed by atoms with Gasteiger partial charge in [0.2, 0.25) is 11.8 Å². The number of ether oxygens (including phenoxy) is 3. The van der Waals surface area contributed by atoms with E-state index in [4.69, 9.17) is 24.4 Å². The monoisotopic (exact) mass is 632 g/mol. The van der Waals surface area contributed by atoms with E-state index in [0.29, 0.717) is 19.6 Å². The molecule has 12 heteroatoms. The van der Waals surface area contributed by atoms with Crippen molar-refractivity contribution in [2.24, 2.45) is 10.8 Å². The SMILES string of the molecule is CC(C)(C)C(=O)NCCCC(=O)O.CC(C)(C)C(=O)NCCCCOCCCN1CCOCC1.OCCCN1CCOCC1. The van der Waals surface area contributed by atoms with Crippen LogP contribution in [0.4, 0.5) is 0 Å². The van der Waals surface area contributed by atoms with Crippen molar-refractivity contribution in [1.82, 2.24) is 20.4 Å². The number of amides is 2. The number of carboxylic acids is 1. The molecule has 44 heavy (non-hydrogen) atoms. The number of aliphatic hydroxyl groups is 1. The number of carbonyl (C=O) groups is 3. The van der Waals surface area contributed by atoms with Gasteiger partial charge in [0.15, 0.2) is 0 Å². The number of carboxylic acid groups (broad SMARTS) is 1. The summed E-state index contributed by atoms with van der Waals surface area (Å²) in [5, 5.41) is 22.5. The van der Waals surface area contributed by atoms with Gasteiger partial charge in [0.25, 0.3) is 0 Å². The average Bonchev–Trinajstić information content (AvgIpc) is 2.98. The number of rotatable bonds is 16. The molecule has 2 saturated heterocycles. The molecule has 0 radical (unpaired) electrons. The van der Waals surface area contributed by atoms with E-state index in [-0.39, 0.29) is 23.7 Å². The van der Waals surface area contributed by atoms with Crippen molar-refractivity contribution in [3.8, 4) is 0 Å². The molecule has 12 nitrogen and oxygen atoms in total. The zero-order valence-electron chi connectivity index (χ0n) is 28.6. The molecule has 2 heterocycles. The summed E-state index contributed by atoms with van der Waals surface area (Å²) in [5.41, 5.74) is -0.695. The molecular formula is C32H64N4O8. The lowest BCUT2D eigenvalue weighted by atomic mass is 9.96. The molecule has 2 aliphatic rings. The molecule has 0 aliphatic carbocycles. The molecule has 2 fully saturated rings. The molecule has 0 atom stereocenters. The Balaban J connectivity index is 0.000000686. The Bertz CT molecular complexity index is 744. The lowest BCUT2D eigenvalue weighted by molar-refractivity contribution is -0.137. The summed E-state index contributed by atoms with van der Waals surface area (Å²) in [5.74, 6) is -0.753. The molecule has 0 aromatic rings. The Morgan fingerprint density at radius 1 is 0.682 bits per heavy atom. The van der Waals surface area contributed by atoms with Crippen LogP contribution in [0.3, 0.4) is 0 Å². The second kappa shape index (κ2) is 25.4. The van der Waals surface area contributed by atoms with Gasteiger partial charge in [-0.1, -0.05) is 41.5 Å². The zero-order chi connectivity index (χ0) is 33.3. The maximum absolute atomic E-state index is 11.6. The number of morpholine rings is 2. The Morgan fingerprint density at radius 2 is 1.11 bits per heavy atom. The van der Waals surface area contributed by atoms with Crippen LogP contribution in [-0.2, 0) is 28.6 Å². The van der Waals surface area contributed by atoms with E-state index in [2.05, 4.69) is 20.4 Å². The molecule has 4 N–H and O–H groups in total. The second-order valence-corrected chi connectivity index (χ2v) is 13.2. The Labute approximate surface area is 266 Å². The molecule has 0 unspecified atom stereocenters. The van der Waals surface area contributed by atoms with Crippen molar-refractivity contribution in [3.05, 3.63) is 0 Å². The first-order valence-corrected chi connectivity index (χ1v) is 16.3. The van der Waals surface area contributed by atoms with Crippen molar-refractivity contribution in [1.29, 1.82) is 0 Å². The van der Waals surface area contributed by atoms with Crippen LogP contribution in [0.2, 0.25) is 0 Å². The van der Waals surface area contributed by atoms with Crippen LogP contribution in [0, 0.1) is 10.8 Å². The van der Waals surface area contributed by atoms with Gasteiger partial charge in [-0.05, 0) is 32.1 Å². The number of aliphatic carboxylic acids is 1. The number of unbranched alkanes of at least 4 members (excludes halogenated alkanes) is 1. The normalized spacial score (nSPS) is 16.2. The van der Waals surface area contributed by atoms with Crippen molar-refractivity contribution >= 4 is 17.8 Å². The molecule has 0 aromatic carbocycles. The number of aliphatic hydroxyl groups excluding tert-OH is 1. The van der Waals surface area contributed by atoms with Gasteiger partial charge in [-0.25, -0.2) is 0 Å². The summed E-state index contributed by atoms with van der Waals surface area (Å²) in [6.45, 7) is 24.0. The Hall–Kier alpha value is -1.83. The highest BCUT2D eigenvalue weighted by atomic mass is 16.5. The maximum Gasteiger partial charge on any atom is 0.303 e. The molecule has 0 spiro atoms. The molecular weight excluding hydrogens is 568 g/mol. The van der Waals surface area contributed by atoms with Gasteiger partial charge >= 0.3 is 5.97 Å². The predicted octanol–water partition coefficient (Wildman–Crippen LogP) is 2.38. The van der Waals surface area contributed by atoms with E-state index in [1.54, 1.807) is 0 Å². The van der Waals surface area contributed by atoms with E-state index >= 15 is 0 Å². The smallest absolute Gasteiger partial charge is 0.303 e. The first-order valence-electron chi connectivity index (χ1n) is 16.3. The molecule has 0 bridgehead atoms. The van der Waals surface area contributed by atoms with Gasteiger partial charge in [-0.3, -0.25) is 24.2 Å². The van der Waals surface area contributed by atoms with Gasteiger partial charge in [0.1, 0.15) is 0 Å². The number of nitrogens with one attached hydrogen (secondary N) is 2. The first kappa shape index (κ1) is 42.2. The van der Waals surface area contributed by atoms with Crippen molar-refractivity contribution in [2.75, 3.05) is 98.6 Å². The number of nitrogens with zero attached hydrogens (tertiary/aromatic N) is 2. The van der Waals surface area contributed by atoms with Crippen LogP contribution < -0.4 is 10.6 Å². The molecule has 2 amide bonds. The minimum absolute atomic E-state index is 0.0436. The van der Waals surface area contributed by atoms with Crippen molar-refractivity contribution in [2.45, 2.75) is 80.1 Å². The van der Waals surface area contributed by atoms with Crippen LogP contribution in [0.25, 0.3) is 0 Å². The maximum atomic E-state index is 11.6. The molecule has 260 valence electrons. The highest BCUT2D eigenvalue weighted by Gasteiger charge is 2.21. The van der Waals surface area contributed by atoms with E-state index in [1.165, 1.54) is 0 Å². The number of hydrogen-bond donors (Lipinski definition) is 4. The third kappa shape index (κ3) is 25.5. The second-order valence-electron chi connectivity index (χ2n) is 13.2. The van der Waals surface area contributed by atoms with Crippen LogP contribution in [0.5, 0.6) is 0 Å². The van der Waals surface area contributed by atoms with Crippen LogP contribution in [-0.4, -0.2) is 136 Å². The van der Waals surface area contributed by atoms with Crippen molar-refractivity contribution < 1.29 is 38.8 Å². The lowest BCUT2D eigenvalue weighted by Gasteiger charge is -2.26. The van der Waals surface area contributed by atoms with Crippen LogP contribution in [0.1, 0.15) is 80.1 Å². The zero-order valence-corrected chi connectivity index (χ0v) is 28.6. The van der Waals surface area contributed by atoms with E-state index in [1.807, 2.05) is 41.5 Å². The fourth-order valence-corrected chi connectivity index (χ4v) is 3.94. The largest absolute Gasteiger partial charge is 0.481 e. The average molecular weight is 633 g/mol. The summed E-state index contributed by atoms with van der Waals surface area (Å²) >= 11 is 0. The first-order chi connectivity index (χ1) is 20.8. The van der Waals surface area contributed by atoms with Gasteiger partial charge < -0.3 is 35.1 Å². The number of carbonyl (C=O) groups excluding carboxylic acids is 2. The lowest BCUT2D eigenvalue weighted by Crippen LogP contribution is -2.37. The van der Waals surface area contributed by atoms with Gasteiger partial charge in [-0.2, -0.15) is 0 Å². The minimum atomic E-state index is -0.829. The van der Waals surface area contributed by atoms with E-state index in [9.17, 15) is 14.4 Å². The Morgan fingerprint density at radius 3 is 1.55 bits per heavy atom. The standard InChI is InChI=1S/C16H32N2O3.C9H17NO3.C7H15NO2/c1-16(2,3)15(19)17-7-4-5-11-20-12-6-8-18-9-13-21-14-10-18;1-9(2,3)8(13)10-6-4-5-7(11)12;9-5-1-2-8-3-6-10-7-4-8/h4-14H2,1-3H3,(H,17,19);4-6H2,1-3H3,(H,10,13)(H,11,12);9H,1-7H2.